The highest BCUT2D eigenvalue weighted by atomic mass is 35.5. The summed E-state index contributed by atoms with van der Waals surface area (Å²) in [6, 6.07) is 12.2. The number of carbonyl (C=O) groups excluding carboxylic acids is 1. The largest absolute Gasteiger partial charge is 0.491 e. The van der Waals surface area contributed by atoms with E-state index < -0.39 is 17.3 Å². The Morgan fingerprint density at radius 1 is 1.08 bits per heavy atom. The molecule has 1 amide bonds. The monoisotopic (exact) mass is 530 g/mol. The van der Waals surface area contributed by atoms with Crippen molar-refractivity contribution < 1.29 is 9.53 Å². The van der Waals surface area contributed by atoms with Gasteiger partial charge in [0.1, 0.15) is 5.75 Å². The van der Waals surface area contributed by atoms with Gasteiger partial charge in [-0.1, -0.05) is 30.7 Å². The summed E-state index contributed by atoms with van der Waals surface area (Å²) >= 11 is 6.00. The minimum absolute atomic E-state index is 0.00561. The summed E-state index contributed by atoms with van der Waals surface area (Å²) < 4.78 is 8.72. The van der Waals surface area contributed by atoms with E-state index in [4.69, 9.17) is 33.9 Å². The number of hydrazine groups is 2. The zero-order valence-electron chi connectivity index (χ0n) is 20.9. The number of carbonyl (C=O) groups is 1. The molecule has 0 spiro atoms. The fourth-order valence-electron chi connectivity index (χ4n) is 3.61. The number of rotatable bonds is 9. The van der Waals surface area contributed by atoms with Crippen LogP contribution in [-0.2, 0) is 24.3 Å². The maximum atomic E-state index is 13.5. The van der Waals surface area contributed by atoms with Gasteiger partial charge in [-0.25, -0.2) is 36.0 Å². The van der Waals surface area contributed by atoms with Gasteiger partial charge in [0.05, 0.1) is 18.3 Å². The highest BCUT2D eigenvalue weighted by molar-refractivity contribution is 6.30. The summed E-state index contributed by atoms with van der Waals surface area (Å²) in [5.41, 5.74) is 0.473. The average molecular weight is 531 g/mol. The molecule has 1 aromatic heterocycles. The zero-order valence-corrected chi connectivity index (χ0v) is 21.7. The van der Waals surface area contributed by atoms with E-state index in [2.05, 4.69) is 4.99 Å². The molecule has 0 fully saturated rings. The van der Waals surface area contributed by atoms with Gasteiger partial charge in [0, 0.05) is 18.0 Å². The number of amides is 1. The molecule has 0 aliphatic carbocycles. The van der Waals surface area contributed by atoms with Crippen molar-refractivity contribution in [2.24, 2.45) is 16.7 Å². The molecule has 198 valence electrons. The van der Waals surface area contributed by atoms with Crippen molar-refractivity contribution in [3.05, 3.63) is 85.2 Å². The van der Waals surface area contributed by atoms with Crippen molar-refractivity contribution in [3.63, 3.8) is 0 Å². The van der Waals surface area contributed by atoms with Crippen LogP contribution in [0.2, 0.25) is 5.02 Å². The maximum absolute atomic E-state index is 13.5. The van der Waals surface area contributed by atoms with E-state index in [1.54, 1.807) is 36.4 Å². The first kappa shape index (κ1) is 27.7. The van der Waals surface area contributed by atoms with Crippen LogP contribution in [-0.4, -0.2) is 30.9 Å². The molecule has 3 rings (SSSR count). The van der Waals surface area contributed by atoms with Gasteiger partial charge in [-0.15, -0.1) is 0 Å². The minimum Gasteiger partial charge on any atom is -0.491 e. The molecule has 2 aromatic carbocycles. The van der Waals surface area contributed by atoms with Crippen LogP contribution in [0, 0.1) is 0 Å². The summed E-state index contributed by atoms with van der Waals surface area (Å²) in [5.74, 6) is 16.7. The van der Waals surface area contributed by atoms with Crippen molar-refractivity contribution in [2.45, 2.75) is 52.8 Å². The molecule has 0 bridgehead atoms. The van der Waals surface area contributed by atoms with E-state index in [1.807, 2.05) is 26.8 Å². The number of aryl methyl sites for hydroxylation is 1. The van der Waals surface area contributed by atoms with Gasteiger partial charge in [-0.2, -0.15) is 4.68 Å². The van der Waals surface area contributed by atoms with Gasteiger partial charge in [-0.05, 0) is 61.7 Å². The fraction of sp³-hybridized carbons (Fsp3) is 0.333. The van der Waals surface area contributed by atoms with Crippen molar-refractivity contribution >= 4 is 23.2 Å². The third-order valence-corrected chi connectivity index (χ3v) is 5.72. The van der Waals surface area contributed by atoms with Crippen molar-refractivity contribution in [2.75, 3.05) is 5.84 Å². The standard InChI is InChI=1S/C24H31ClN8O4/c1-4-17-13-19(9-10-20(17)37-15(2)3)29-22-31(14-16-5-7-18(25)8-6-16)23(35)30(24(36)32(22)26)12-11-21(34)33(27)28/h5-10,13,15H,4,11-12,14,26-28H2,1-3H3/b29-22-. The summed E-state index contributed by atoms with van der Waals surface area (Å²) in [7, 11) is 0. The predicted molar refractivity (Wildman–Crippen MR) is 140 cm³/mol. The first-order valence-electron chi connectivity index (χ1n) is 11.6. The Balaban J connectivity index is 2.20. The van der Waals surface area contributed by atoms with Crippen LogP contribution in [0.1, 0.15) is 38.3 Å². The van der Waals surface area contributed by atoms with Crippen molar-refractivity contribution in [3.8, 4) is 5.75 Å². The normalized spacial score (nSPS) is 11.7. The SMILES string of the molecule is CCc1cc(/N=c2\n(N)c(=O)n(CCC(=O)N(N)N)c(=O)n2Cc2ccc(Cl)cc2)ccc1OC(C)C. The topological polar surface area (TPSA) is 169 Å². The first-order chi connectivity index (χ1) is 17.5. The lowest BCUT2D eigenvalue weighted by molar-refractivity contribution is -0.132. The Morgan fingerprint density at radius 2 is 1.76 bits per heavy atom. The smallest absolute Gasteiger partial charge is 0.353 e. The van der Waals surface area contributed by atoms with Crippen LogP contribution in [0.3, 0.4) is 0 Å². The Hall–Kier alpha value is -3.87. The minimum atomic E-state index is -0.847. The van der Waals surface area contributed by atoms with Gasteiger partial charge < -0.3 is 10.6 Å². The van der Waals surface area contributed by atoms with E-state index in [1.165, 1.54) is 4.57 Å². The molecular weight excluding hydrogens is 500 g/mol. The average Bonchev–Trinajstić information content (AvgIpc) is 2.86. The van der Waals surface area contributed by atoms with E-state index in [0.29, 0.717) is 27.8 Å². The maximum Gasteiger partial charge on any atom is 0.353 e. The molecule has 0 radical (unpaired) electrons. The predicted octanol–water partition coefficient (Wildman–Crippen LogP) is 0.775. The molecule has 13 heteroatoms. The fourth-order valence-corrected chi connectivity index (χ4v) is 3.73. The number of nitrogens with two attached hydrogens (primary N) is 3. The molecule has 1 heterocycles. The van der Waals surface area contributed by atoms with Gasteiger partial charge in [0.25, 0.3) is 5.91 Å². The Labute approximate surface area is 218 Å². The lowest BCUT2D eigenvalue weighted by Gasteiger charge is -2.16. The lowest BCUT2D eigenvalue weighted by atomic mass is 10.1. The zero-order chi connectivity index (χ0) is 27.3. The molecule has 6 N–H and O–H groups in total. The van der Waals surface area contributed by atoms with Crippen LogP contribution < -0.4 is 39.3 Å². The number of hydrogen-bond acceptors (Lipinski definition) is 8. The van der Waals surface area contributed by atoms with E-state index in [-0.39, 0.29) is 31.2 Å². The molecule has 37 heavy (non-hydrogen) atoms. The second-order valence-corrected chi connectivity index (χ2v) is 9.01. The van der Waals surface area contributed by atoms with Gasteiger partial charge in [-0.3, -0.25) is 9.36 Å². The van der Waals surface area contributed by atoms with Gasteiger partial charge >= 0.3 is 11.4 Å². The highest BCUT2D eigenvalue weighted by Crippen LogP contribution is 2.25. The lowest BCUT2D eigenvalue weighted by Crippen LogP contribution is -2.58. The van der Waals surface area contributed by atoms with Crippen LogP contribution >= 0.6 is 11.6 Å². The highest BCUT2D eigenvalue weighted by Gasteiger charge is 2.16. The summed E-state index contributed by atoms with van der Waals surface area (Å²) in [5, 5.41) is 0.928. The quantitative estimate of drug-likeness (QED) is 0.208. The van der Waals surface area contributed by atoms with E-state index in [0.717, 1.165) is 20.6 Å². The second-order valence-electron chi connectivity index (χ2n) is 8.57. The molecule has 0 aliphatic rings. The number of benzene rings is 2. The third-order valence-electron chi connectivity index (χ3n) is 5.46. The van der Waals surface area contributed by atoms with Crippen molar-refractivity contribution in [1.82, 2.24) is 18.9 Å². The second kappa shape index (κ2) is 11.9. The van der Waals surface area contributed by atoms with Crippen LogP contribution in [0.4, 0.5) is 5.69 Å². The van der Waals surface area contributed by atoms with Crippen LogP contribution in [0.25, 0.3) is 0 Å². The molecule has 12 nitrogen and oxygen atoms in total. The van der Waals surface area contributed by atoms with Crippen molar-refractivity contribution in [1.29, 1.82) is 0 Å². The molecule has 3 aromatic rings. The molecular formula is C24H31ClN8O4. The van der Waals surface area contributed by atoms with E-state index >= 15 is 0 Å². The van der Waals surface area contributed by atoms with Gasteiger partial charge in [0.15, 0.2) is 0 Å². The number of halogens is 1. The molecule has 0 atom stereocenters. The first-order valence-corrected chi connectivity index (χ1v) is 12.0. The molecule has 0 saturated heterocycles. The number of nitrogen functional groups attached to an aromatic ring is 1. The molecule has 0 aliphatic heterocycles. The molecule has 0 unspecified atom stereocenters. The Kier molecular flexibility index (Phi) is 8.92. The number of ether oxygens (including phenoxy) is 1. The number of aromatic nitrogens is 3. The Bertz CT molecular complexity index is 1460. The molecule has 0 saturated carbocycles. The number of hydrogen-bond donors (Lipinski definition) is 3. The van der Waals surface area contributed by atoms with Crippen LogP contribution in [0.15, 0.2) is 57.0 Å². The van der Waals surface area contributed by atoms with Gasteiger partial charge in [0.2, 0.25) is 5.62 Å². The van der Waals surface area contributed by atoms with Crippen LogP contribution in [0.5, 0.6) is 5.75 Å². The Morgan fingerprint density at radius 3 is 2.35 bits per heavy atom. The van der Waals surface area contributed by atoms with E-state index in [9.17, 15) is 14.4 Å². The summed E-state index contributed by atoms with van der Waals surface area (Å²) in [6.45, 7) is 5.62. The summed E-state index contributed by atoms with van der Waals surface area (Å²) in [6.07, 6.45) is 0.394. The number of nitrogens with zero attached hydrogens (tertiary/aromatic N) is 5. The third kappa shape index (κ3) is 6.67. The summed E-state index contributed by atoms with van der Waals surface area (Å²) in [4.78, 5) is 42.9.